The molecule has 0 saturated heterocycles. The maximum atomic E-state index is 12.0. The maximum Gasteiger partial charge on any atom is 0.224 e. The van der Waals surface area contributed by atoms with Gasteiger partial charge in [0, 0.05) is 17.2 Å². The van der Waals surface area contributed by atoms with Gasteiger partial charge in [0.25, 0.3) is 0 Å². The van der Waals surface area contributed by atoms with Crippen molar-refractivity contribution < 1.29 is 4.79 Å². The molecule has 4 rings (SSSR count). The second kappa shape index (κ2) is 6.44. The van der Waals surface area contributed by atoms with Crippen LogP contribution in [0, 0.1) is 19.8 Å². The number of nitrogens with one attached hydrogen (secondary N) is 3. The summed E-state index contributed by atoms with van der Waals surface area (Å²) in [6, 6.07) is 9.90. The number of H-pyrrole nitrogens is 1. The van der Waals surface area contributed by atoms with E-state index in [1.54, 1.807) is 0 Å². The van der Waals surface area contributed by atoms with Crippen LogP contribution in [0.1, 0.15) is 31.0 Å². The van der Waals surface area contributed by atoms with Gasteiger partial charge in [-0.05, 0) is 39.2 Å². The van der Waals surface area contributed by atoms with Crippen LogP contribution >= 0.6 is 0 Å². The Bertz CT molecular complexity index is 959. The molecule has 2 heterocycles. The van der Waals surface area contributed by atoms with Crippen LogP contribution in [0.25, 0.3) is 22.4 Å². The highest BCUT2D eigenvalue weighted by Gasteiger charge is 2.30. The number of benzene rings is 1. The minimum atomic E-state index is -0.209. The van der Waals surface area contributed by atoms with Crippen LogP contribution < -0.4 is 10.6 Å². The molecule has 1 saturated carbocycles. The molecule has 1 aliphatic rings. The van der Waals surface area contributed by atoms with Crippen LogP contribution in [0.2, 0.25) is 0 Å². The Kier molecular flexibility index (Phi) is 4.11. The van der Waals surface area contributed by atoms with Crippen molar-refractivity contribution in [3.8, 4) is 11.4 Å². The summed E-state index contributed by atoms with van der Waals surface area (Å²) in [5, 5.41) is 7.35. The Morgan fingerprint density at radius 2 is 1.92 bits per heavy atom. The van der Waals surface area contributed by atoms with Gasteiger partial charge in [-0.1, -0.05) is 30.3 Å². The summed E-state index contributed by atoms with van der Waals surface area (Å²) in [6.45, 7) is 6.02. The maximum absolute atomic E-state index is 12.0. The molecule has 1 unspecified atom stereocenters. The zero-order valence-electron chi connectivity index (χ0n) is 15.3. The lowest BCUT2D eigenvalue weighted by Gasteiger charge is -2.17. The average molecular weight is 349 g/mol. The lowest BCUT2D eigenvalue weighted by atomic mass is 10.2. The van der Waals surface area contributed by atoms with Crippen LogP contribution in [0.4, 0.5) is 5.82 Å². The minimum Gasteiger partial charge on any atom is -0.350 e. The van der Waals surface area contributed by atoms with Crippen LogP contribution in [-0.4, -0.2) is 27.0 Å². The molecule has 3 N–H and O–H groups in total. The topological polar surface area (TPSA) is 82.7 Å². The summed E-state index contributed by atoms with van der Waals surface area (Å²) in [7, 11) is 0. The number of anilines is 1. The third-order valence-electron chi connectivity index (χ3n) is 4.84. The minimum absolute atomic E-state index is 0.112. The molecule has 6 nitrogen and oxygen atoms in total. The molecule has 3 aromatic rings. The summed E-state index contributed by atoms with van der Waals surface area (Å²) in [6.07, 6.45) is 1.77. The Morgan fingerprint density at radius 3 is 2.62 bits per heavy atom. The number of fused-ring (bicyclic) bond motifs is 1. The second-order valence-electron chi connectivity index (χ2n) is 7.01. The van der Waals surface area contributed by atoms with E-state index < -0.39 is 0 Å². The van der Waals surface area contributed by atoms with E-state index in [0.29, 0.717) is 5.82 Å². The Hall–Kier alpha value is -2.89. The Morgan fingerprint density at radius 1 is 1.19 bits per heavy atom. The third-order valence-corrected chi connectivity index (χ3v) is 4.84. The first-order valence-electron chi connectivity index (χ1n) is 9.02. The van der Waals surface area contributed by atoms with Crippen molar-refractivity contribution in [3.63, 3.8) is 0 Å². The number of aryl methyl sites for hydroxylation is 2. The predicted molar refractivity (Wildman–Crippen MR) is 103 cm³/mol. The summed E-state index contributed by atoms with van der Waals surface area (Å²) >= 11 is 0. The molecular formula is C20H23N5O. The zero-order chi connectivity index (χ0) is 18.3. The molecule has 1 fully saturated rings. The van der Waals surface area contributed by atoms with E-state index >= 15 is 0 Å². The highest BCUT2D eigenvalue weighted by molar-refractivity contribution is 5.93. The number of aromatic nitrogens is 3. The molecule has 1 amide bonds. The number of hydrogen-bond acceptors (Lipinski definition) is 4. The zero-order valence-corrected chi connectivity index (χ0v) is 15.3. The van der Waals surface area contributed by atoms with Crippen molar-refractivity contribution >= 4 is 22.8 Å². The first-order chi connectivity index (χ1) is 12.5. The fourth-order valence-corrected chi connectivity index (χ4v) is 3.10. The van der Waals surface area contributed by atoms with Crippen LogP contribution in [0.3, 0.4) is 0 Å². The van der Waals surface area contributed by atoms with Crippen LogP contribution in [-0.2, 0) is 4.79 Å². The third kappa shape index (κ3) is 3.14. The summed E-state index contributed by atoms with van der Waals surface area (Å²) in [4.78, 5) is 24.8. The predicted octanol–water partition coefficient (Wildman–Crippen LogP) is 3.53. The molecule has 1 atom stereocenters. The number of nitrogens with zero attached hydrogens (tertiary/aromatic N) is 2. The van der Waals surface area contributed by atoms with Gasteiger partial charge in [-0.2, -0.15) is 0 Å². The lowest BCUT2D eigenvalue weighted by Crippen LogP contribution is -2.39. The van der Waals surface area contributed by atoms with E-state index in [-0.39, 0.29) is 18.0 Å². The molecule has 2 aromatic heterocycles. The largest absolute Gasteiger partial charge is 0.350 e. The molecular weight excluding hydrogens is 326 g/mol. The standard InChI is InChI=1S/C20H23N5O/c1-11-12(2)21-18-16(11)19(22-13(3)23-20(26)15-9-10-15)25-17(24-18)14-7-5-4-6-8-14/h4-8,13,15H,9-10H2,1-3H3,(H,23,26)(H2,21,22,24,25). The fraction of sp³-hybridized carbons (Fsp3) is 0.350. The molecule has 0 bridgehead atoms. The van der Waals surface area contributed by atoms with Crippen molar-refractivity contribution in [3.05, 3.63) is 41.6 Å². The van der Waals surface area contributed by atoms with E-state index in [0.717, 1.165) is 46.5 Å². The normalized spacial score (nSPS) is 15.0. The summed E-state index contributed by atoms with van der Waals surface area (Å²) < 4.78 is 0. The van der Waals surface area contributed by atoms with Gasteiger partial charge in [0.2, 0.25) is 5.91 Å². The SMILES string of the molecule is Cc1[nH]c2nc(-c3ccccc3)nc(NC(C)NC(=O)C3CC3)c2c1C. The Labute approximate surface area is 152 Å². The van der Waals surface area contributed by atoms with Crippen molar-refractivity contribution in [1.29, 1.82) is 0 Å². The van der Waals surface area contributed by atoms with Crippen LogP contribution in [0.5, 0.6) is 0 Å². The Balaban J connectivity index is 1.72. The van der Waals surface area contributed by atoms with Crippen molar-refractivity contribution in [2.24, 2.45) is 5.92 Å². The quantitative estimate of drug-likeness (QED) is 0.616. The molecule has 0 radical (unpaired) electrons. The monoisotopic (exact) mass is 349 g/mol. The highest BCUT2D eigenvalue weighted by atomic mass is 16.2. The number of rotatable bonds is 5. The van der Waals surface area contributed by atoms with Crippen molar-refractivity contribution in [1.82, 2.24) is 20.3 Å². The molecule has 0 aliphatic heterocycles. The van der Waals surface area contributed by atoms with Gasteiger partial charge in [0.1, 0.15) is 11.5 Å². The van der Waals surface area contributed by atoms with Crippen molar-refractivity contribution in [2.75, 3.05) is 5.32 Å². The van der Waals surface area contributed by atoms with E-state index in [4.69, 9.17) is 9.97 Å². The molecule has 1 aliphatic carbocycles. The molecule has 134 valence electrons. The first kappa shape index (κ1) is 16.6. The van der Waals surface area contributed by atoms with Gasteiger partial charge in [-0.15, -0.1) is 0 Å². The highest BCUT2D eigenvalue weighted by Crippen LogP contribution is 2.30. The van der Waals surface area contributed by atoms with Gasteiger partial charge >= 0.3 is 0 Å². The van der Waals surface area contributed by atoms with E-state index in [1.165, 1.54) is 0 Å². The number of amides is 1. The van der Waals surface area contributed by atoms with Gasteiger partial charge in [-0.25, -0.2) is 9.97 Å². The number of aromatic amines is 1. The van der Waals surface area contributed by atoms with E-state index in [9.17, 15) is 4.79 Å². The van der Waals surface area contributed by atoms with Gasteiger partial charge < -0.3 is 15.6 Å². The molecule has 26 heavy (non-hydrogen) atoms. The van der Waals surface area contributed by atoms with Gasteiger partial charge in [0.15, 0.2) is 5.82 Å². The smallest absolute Gasteiger partial charge is 0.224 e. The molecule has 0 spiro atoms. The van der Waals surface area contributed by atoms with E-state index in [2.05, 4.69) is 22.5 Å². The fourth-order valence-electron chi connectivity index (χ4n) is 3.10. The first-order valence-corrected chi connectivity index (χ1v) is 9.02. The lowest BCUT2D eigenvalue weighted by molar-refractivity contribution is -0.122. The average Bonchev–Trinajstić information content (AvgIpc) is 3.43. The van der Waals surface area contributed by atoms with Gasteiger partial charge in [-0.3, -0.25) is 4.79 Å². The number of hydrogen-bond donors (Lipinski definition) is 3. The second-order valence-corrected chi connectivity index (χ2v) is 7.01. The summed E-state index contributed by atoms with van der Waals surface area (Å²) in [5.74, 6) is 1.68. The van der Waals surface area contributed by atoms with Crippen molar-refractivity contribution in [2.45, 2.75) is 39.8 Å². The number of carbonyl (C=O) groups is 1. The van der Waals surface area contributed by atoms with Crippen LogP contribution in [0.15, 0.2) is 30.3 Å². The van der Waals surface area contributed by atoms with E-state index in [1.807, 2.05) is 44.2 Å². The summed E-state index contributed by atoms with van der Waals surface area (Å²) in [5.41, 5.74) is 3.94. The molecule has 1 aromatic carbocycles. The molecule has 6 heteroatoms. The van der Waals surface area contributed by atoms with Gasteiger partial charge in [0.05, 0.1) is 11.6 Å². The number of carbonyl (C=O) groups excluding carboxylic acids is 1.